The Morgan fingerprint density at radius 2 is 1.88 bits per heavy atom. The molecule has 0 aromatic heterocycles. The van der Waals surface area contributed by atoms with Crippen molar-refractivity contribution in [2.45, 2.75) is 26.3 Å². The van der Waals surface area contributed by atoms with Gasteiger partial charge in [0, 0.05) is 6.92 Å². The minimum Gasteiger partial charge on any atom is -0.479 e. The van der Waals surface area contributed by atoms with Gasteiger partial charge in [0.05, 0.1) is 0 Å². The summed E-state index contributed by atoms with van der Waals surface area (Å²) in [6.07, 6.45) is 0.901. The largest absolute Gasteiger partial charge is 0.479 e. The molecule has 86 valence electrons. The Balaban J connectivity index is 2.92. The third-order valence-corrected chi connectivity index (χ3v) is 2.32. The van der Waals surface area contributed by atoms with Crippen molar-refractivity contribution < 1.29 is 14.7 Å². The van der Waals surface area contributed by atoms with Crippen LogP contribution < -0.4 is 5.32 Å². The maximum atomic E-state index is 11.0. The van der Waals surface area contributed by atoms with Gasteiger partial charge in [0.25, 0.3) is 0 Å². The summed E-state index contributed by atoms with van der Waals surface area (Å²) in [5.74, 6) is -1.41. The van der Waals surface area contributed by atoms with Crippen LogP contribution in [0.15, 0.2) is 24.3 Å². The number of carbonyl (C=O) groups excluding carboxylic acids is 1. The van der Waals surface area contributed by atoms with Crippen LogP contribution in [0.4, 0.5) is 0 Å². The number of aliphatic carboxylic acids is 1. The predicted molar refractivity (Wildman–Crippen MR) is 60.0 cm³/mol. The summed E-state index contributed by atoms with van der Waals surface area (Å²) < 4.78 is 0. The van der Waals surface area contributed by atoms with Crippen molar-refractivity contribution in [2.24, 2.45) is 0 Å². The molecule has 1 rings (SSSR count). The maximum Gasteiger partial charge on any atom is 0.330 e. The number of carboxylic acid groups (broad SMARTS) is 1. The highest BCUT2D eigenvalue weighted by molar-refractivity contribution is 5.83. The molecule has 0 bridgehead atoms. The molecular formula is C12H15NO3. The normalized spacial score (nSPS) is 11.9. The van der Waals surface area contributed by atoms with E-state index in [1.54, 1.807) is 12.1 Å². The van der Waals surface area contributed by atoms with Gasteiger partial charge in [-0.05, 0) is 17.5 Å². The molecule has 1 unspecified atom stereocenters. The van der Waals surface area contributed by atoms with Crippen LogP contribution in [0.1, 0.15) is 31.0 Å². The first-order valence-electron chi connectivity index (χ1n) is 5.13. The smallest absolute Gasteiger partial charge is 0.330 e. The number of hydrogen-bond acceptors (Lipinski definition) is 2. The molecule has 4 nitrogen and oxygen atoms in total. The Kier molecular flexibility index (Phi) is 4.05. The molecule has 0 saturated carbocycles. The SMILES string of the molecule is CCc1ccc(C(NC(C)=O)C(=O)O)cc1. The zero-order valence-corrected chi connectivity index (χ0v) is 9.36. The molecule has 0 fully saturated rings. The second-order valence-corrected chi connectivity index (χ2v) is 3.57. The number of amides is 1. The zero-order valence-electron chi connectivity index (χ0n) is 9.36. The minimum atomic E-state index is -1.06. The molecule has 0 aliphatic carbocycles. The van der Waals surface area contributed by atoms with Crippen LogP contribution in [-0.4, -0.2) is 17.0 Å². The van der Waals surface area contributed by atoms with Gasteiger partial charge < -0.3 is 10.4 Å². The van der Waals surface area contributed by atoms with Crippen molar-refractivity contribution >= 4 is 11.9 Å². The Hall–Kier alpha value is -1.84. The second kappa shape index (κ2) is 5.30. The van der Waals surface area contributed by atoms with Gasteiger partial charge in [-0.25, -0.2) is 4.79 Å². The van der Waals surface area contributed by atoms with Gasteiger partial charge >= 0.3 is 5.97 Å². The summed E-state index contributed by atoms with van der Waals surface area (Å²) in [5, 5.41) is 11.4. The molecule has 0 radical (unpaired) electrons. The zero-order chi connectivity index (χ0) is 12.1. The van der Waals surface area contributed by atoms with Gasteiger partial charge in [-0.2, -0.15) is 0 Å². The molecule has 1 amide bonds. The minimum absolute atomic E-state index is 0.355. The van der Waals surface area contributed by atoms with Crippen molar-refractivity contribution in [3.8, 4) is 0 Å². The van der Waals surface area contributed by atoms with Crippen LogP contribution in [-0.2, 0) is 16.0 Å². The van der Waals surface area contributed by atoms with Crippen molar-refractivity contribution in [3.05, 3.63) is 35.4 Å². The van der Waals surface area contributed by atoms with E-state index in [1.807, 2.05) is 19.1 Å². The summed E-state index contributed by atoms with van der Waals surface area (Å²) in [6, 6.07) is 6.23. The first kappa shape index (κ1) is 12.2. The van der Waals surface area contributed by atoms with E-state index in [2.05, 4.69) is 5.32 Å². The summed E-state index contributed by atoms with van der Waals surface area (Å²) in [7, 11) is 0. The lowest BCUT2D eigenvalue weighted by Gasteiger charge is -2.13. The van der Waals surface area contributed by atoms with Crippen molar-refractivity contribution in [3.63, 3.8) is 0 Å². The van der Waals surface area contributed by atoms with E-state index in [1.165, 1.54) is 6.92 Å². The molecule has 0 saturated heterocycles. The number of aryl methyl sites for hydroxylation is 1. The number of rotatable bonds is 4. The lowest BCUT2D eigenvalue weighted by Crippen LogP contribution is -2.31. The van der Waals surface area contributed by atoms with Gasteiger partial charge in [0.2, 0.25) is 5.91 Å². The monoisotopic (exact) mass is 221 g/mol. The predicted octanol–water partition coefficient (Wildman–Crippen LogP) is 1.51. The van der Waals surface area contributed by atoms with Crippen LogP contribution in [0, 0.1) is 0 Å². The number of carboxylic acids is 1. The van der Waals surface area contributed by atoms with Crippen LogP contribution >= 0.6 is 0 Å². The summed E-state index contributed by atoms with van der Waals surface area (Å²) >= 11 is 0. The Bertz CT molecular complexity index is 384. The lowest BCUT2D eigenvalue weighted by molar-refractivity contribution is -0.141. The fraction of sp³-hybridized carbons (Fsp3) is 0.333. The average Bonchev–Trinajstić information content (AvgIpc) is 2.25. The third-order valence-electron chi connectivity index (χ3n) is 2.32. The van der Waals surface area contributed by atoms with E-state index >= 15 is 0 Å². The van der Waals surface area contributed by atoms with Crippen molar-refractivity contribution in [1.29, 1.82) is 0 Å². The molecule has 16 heavy (non-hydrogen) atoms. The Morgan fingerprint density at radius 3 is 2.25 bits per heavy atom. The van der Waals surface area contributed by atoms with E-state index in [0.717, 1.165) is 12.0 Å². The molecule has 0 spiro atoms. The number of benzene rings is 1. The highest BCUT2D eigenvalue weighted by Gasteiger charge is 2.20. The van der Waals surface area contributed by atoms with E-state index in [4.69, 9.17) is 5.11 Å². The van der Waals surface area contributed by atoms with Crippen LogP contribution in [0.25, 0.3) is 0 Å². The van der Waals surface area contributed by atoms with E-state index in [-0.39, 0.29) is 5.91 Å². The van der Waals surface area contributed by atoms with Gasteiger partial charge in [0.15, 0.2) is 6.04 Å². The number of carbonyl (C=O) groups is 2. The lowest BCUT2D eigenvalue weighted by atomic mass is 10.0. The van der Waals surface area contributed by atoms with Crippen molar-refractivity contribution in [2.75, 3.05) is 0 Å². The van der Waals surface area contributed by atoms with Gasteiger partial charge in [-0.3, -0.25) is 4.79 Å². The average molecular weight is 221 g/mol. The molecule has 4 heteroatoms. The van der Waals surface area contributed by atoms with E-state index < -0.39 is 12.0 Å². The van der Waals surface area contributed by atoms with Crippen LogP contribution in [0.2, 0.25) is 0 Å². The van der Waals surface area contributed by atoms with Gasteiger partial charge in [-0.15, -0.1) is 0 Å². The van der Waals surface area contributed by atoms with Gasteiger partial charge in [0.1, 0.15) is 0 Å². The molecular weight excluding hydrogens is 206 g/mol. The fourth-order valence-corrected chi connectivity index (χ4v) is 1.44. The van der Waals surface area contributed by atoms with Gasteiger partial charge in [-0.1, -0.05) is 31.2 Å². The van der Waals surface area contributed by atoms with E-state index in [0.29, 0.717) is 5.56 Å². The summed E-state index contributed by atoms with van der Waals surface area (Å²) in [4.78, 5) is 21.9. The first-order valence-corrected chi connectivity index (χ1v) is 5.13. The Morgan fingerprint density at radius 1 is 1.31 bits per heavy atom. The highest BCUT2D eigenvalue weighted by Crippen LogP contribution is 2.14. The third kappa shape index (κ3) is 3.08. The molecule has 1 aromatic carbocycles. The van der Waals surface area contributed by atoms with Crippen LogP contribution in [0.5, 0.6) is 0 Å². The fourth-order valence-electron chi connectivity index (χ4n) is 1.44. The molecule has 1 aromatic rings. The summed E-state index contributed by atoms with van der Waals surface area (Å²) in [5.41, 5.74) is 1.72. The summed E-state index contributed by atoms with van der Waals surface area (Å²) in [6.45, 7) is 3.33. The second-order valence-electron chi connectivity index (χ2n) is 3.57. The van der Waals surface area contributed by atoms with Crippen LogP contribution in [0.3, 0.4) is 0 Å². The molecule has 1 atom stereocenters. The van der Waals surface area contributed by atoms with E-state index in [9.17, 15) is 9.59 Å². The Labute approximate surface area is 94.3 Å². The van der Waals surface area contributed by atoms with Crippen molar-refractivity contribution in [1.82, 2.24) is 5.32 Å². The molecule has 2 N–H and O–H groups in total. The topological polar surface area (TPSA) is 66.4 Å². The molecule has 0 aliphatic rings. The number of nitrogens with one attached hydrogen (secondary N) is 1. The quantitative estimate of drug-likeness (QED) is 0.809. The highest BCUT2D eigenvalue weighted by atomic mass is 16.4. The maximum absolute atomic E-state index is 11.0. The standard InChI is InChI=1S/C12H15NO3/c1-3-9-4-6-10(7-5-9)11(12(15)16)13-8(2)14/h4-7,11H,3H2,1-2H3,(H,13,14)(H,15,16). The molecule has 0 aliphatic heterocycles. The number of hydrogen-bond donors (Lipinski definition) is 2. The molecule has 0 heterocycles. The first-order chi connectivity index (χ1) is 7.54.